The molecular weight excluding hydrogens is 544 g/mol. The van der Waals surface area contributed by atoms with Crippen molar-refractivity contribution in [2.45, 2.75) is 30.7 Å². The van der Waals surface area contributed by atoms with Crippen molar-refractivity contribution in [3.05, 3.63) is 71.5 Å². The Morgan fingerprint density at radius 1 is 1.18 bits per heavy atom. The molecule has 200 valence electrons. The van der Waals surface area contributed by atoms with Crippen molar-refractivity contribution in [1.82, 2.24) is 19.3 Å². The molecule has 10 nitrogen and oxygen atoms in total. The van der Waals surface area contributed by atoms with E-state index in [0.717, 1.165) is 10.7 Å². The number of aliphatic hydroxyl groups excluding tert-OH is 1. The number of aromatic nitrogens is 3. The average molecular weight is 566 g/mol. The number of hydrogen-bond donors (Lipinski definition) is 3. The van der Waals surface area contributed by atoms with E-state index >= 15 is 0 Å². The van der Waals surface area contributed by atoms with Gasteiger partial charge >= 0.3 is 6.09 Å². The number of ether oxygens (including phenoxy) is 1. The lowest BCUT2D eigenvalue weighted by atomic mass is 10.1. The number of carbonyl (C=O) groups is 1. The first-order chi connectivity index (χ1) is 17.9. The SMILES string of the molecule is CC(C)(CO)NS(=O)(=O)c1cccc(NC(=O)Oc2cnn3c(C(F)F)cc(-c4ccc(Cl)cc4)nc23)c1. The number of carbonyl (C=O) groups excluding carboxylic acids is 1. The Morgan fingerprint density at radius 3 is 2.55 bits per heavy atom. The number of hydrogen-bond acceptors (Lipinski definition) is 7. The number of alkyl halides is 2. The molecular formula is C24H22ClF2N5O5S. The number of sulfonamides is 1. The molecule has 0 fully saturated rings. The number of amides is 1. The molecule has 0 radical (unpaired) electrons. The Bertz CT molecular complexity index is 1590. The Balaban J connectivity index is 1.60. The highest BCUT2D eigenvalue weighted by molar-refractivity contribution is 7.89. The fraction of sp³-hybridized carbons (Fsp3) is 0.208. The Hall–Kier alpha value is -3.65. The normalized spacial score (nSPS) is 12.2. The highest BCUT2D eigenvalue weighted by atomic mass is 35.5. The van der Waals surface area contributed by atoms with Crippen LogP contribution in [0.2, 0.25) is 5.02 Å². The van der Waals surface area contributed by atoms with Crippen LogP contribution in [0.3, 0.4) is 0 Å². The lowest BCUT2D eigenvalue weighted by Gasteiger charge is -2.23. The number of nitrogens with zero attached hydrogens (tertiary/aromatic N) is 3. The molecule has 2 aromatic heterocycles. The zero-order chi connectivity index (χ0) is 27.7. The highest BCUT2D eigenvalue weighted by Crippen LogP contribution is 2.30. The fourth-order valence-corrected chi connectivity index (χ4v) is 4.98. The van der Waals surface area contributed by atoms with Crippen LogP contribution < -0.4 is 14.8 Å². The molecule has 1 amide bonds. The van der Waals surface area contributed by atoms with Crippen LogP contribution in [0.1, 0.15) is 26.0 Å². The standard InChI is InChI=1S/C24H22ClF2N5O5S/c1-24(2,13-33)31-38(35,36)17-5-3-4-16(10-17)29-23(34)37-20-12-28-32-19(21(26)27)11-18(30-22(20)32)14-6-8-15(25)9-7-14/h3-12,21,31,33H,13H2,1-2H3,(H,29,34). The van der Waals surface area contributed by atoms with Crippen molar-refractivity contribution in [3.8, 4) is 17.0 Å². The number of fused-ring (bicyclic) bond motifs is 1. The minimum atomic E-state index is -4.02. The summed E-state index contributed by atoms with van der Waals surface area (Å²) in [4.78, 5) is 16.8. The summed E-state index contributed by atoms with van der Waals surface area (Å²) in [6, 6.07) is 12.9. The summed E-state index contributed by atoms with van der Waals surface area (Å²) < 4.78 is 61.4. The van der Waals surface area contributed by atoms with E-state index < -0.39 is 40.4 Å². The maximum absolute atomic E-state index is 13.8. The van der Waals surface area contributed by atoms with Gasteiger partial charge in [0.25, 0.3) is 6.43 Å². The monoisotopic (exact) mass is 565 g/mol. The van der Waals surface area contributed by atoms with Crippen LogP contribution >= 0.6 is 11.6 Å². The van der Waals surface area contributed by atoms with Crippen molar-refractivity contribution < 1.29 is 31.8 Å². The first kappa shape index (κ1) is 27.4. The van der Waals surface area contributed by atoms with Gasteiger partial charge in [0.15, 0.2) is 11.4 Å². The smallest absolute Gasteiger partial charge is 0.404 e. The van der Waals surface area contributed by atoms with E-state index in [0.29, 0.717) is 10.6 Å². The van der Waals surface area contributed by atoms with Crippen LogP contribution in [0.15, 0.2) is 65.7 Å². The maximum atomic E-state index is 13.8. The molecule has 4 aromatic rings. The van der Waals surface area contributed by atoms with Gasteiger partial charge in [-0.1, -0.05) is 29.8 Å². The number of halogens is 3. The van der Waals surface area contributed by atoms with Gasteiger partial charge in [0, 0.05) is 16.3 Å². The van der Waals surface area contributed by atoms with E-state index in [1.165, 1.54) is 44.2 Å². The zero-order valence-electron chi connectivity index (χ0n) is 20.0. The van der Waals surface area contributed by atoms with E-state index in [2.05, 4.69) is 20.1 Å². The van der Waals surface area contributed by atoms with Crippen LogP contribution in [0.25, 0.3) is 16.9 Å². The van der Waals surface area contributed by atoms with Crippen molar-refractivity contribution >= 4 is 39.1 Å². The van der Waals surface area contributed by atoms with E-state index in [9.17, 15) is 27.1 Å². The van der Waals surface area contributed by atoms with Crippen LogP contribution in [-0.2, 0) is 10.0 Å². The lowest BCUT2D eigenvalue weighted by molar-refractivity contribution is 0.143. The minimum absolute atomic E-state index is 0.0826. The van der Waals surface area contributed by atoms with E-state index in [1.807, 2.05) is 0 Å². The summed E-state index contributed by atoms with van der Waals surface area (Å²) >= 11 is 5.91. The summed E-state index contributed by atoms with van der Waals surface area (Å²) in [7, 11) is -4.02. The van der Waals surface area contributed by atoms with E-state index in [-0.39, 0.29) is 27.7 Å². The lowest BCUT2D eigenvalue weighted by Crippen LogP contribution is -2.46. The largest absolute Gasteiger partial charge is 0.417 e. The topological polar surface area (TPSA) is 135 Å². The average Bonchev–Trinajstić information content (AvgIpc) is 3.25. The molecule has 0 atom stereocenters. The van der Waals surface area contributed by atoms with Gasteiger partial charge < -0.3 is 9.84 Å². The third-order valence-corrected chi connectivity index (χ3v) is 7.18. The number of benzene rings is 2. The van der Waals surface area contributed by atoms with Crippen molar-refractivity contribution in [1.29, 1.82) is 0 Å². The Kier molecular flexibility index (Phi) is 7.65. The summed E-state index contributed by atoms with van der Waals surface area (Å²) in [5, 5.41) is 16.1. The second kappa shape index (κ2) is 10.6. The molecule has 0 saturated heterocycles. The van der Waals surface area contributed by atoms with Gasteiger partial charge in [-0.05, 0) is 50.2 Å². The molecule has 2 aromatic carbocycles. The van der Waals surface area contributed by atoms with Gasteiger partial charge in [0.2, 0.25) is 10.0 Å². The second-order valence-electron chi connectivity index (χ2n) is 8.81. The van der Waals surface area contributed by atoms with Crippen molar-refractivity contribution in [2.24, 2.45) is 0 Å². The van der Waals surface area contributed by atoms with Crippen molar-refractivity contribution in [3.63, 3.8) is 0 Å². The molecule has 2 heterocycles. The molecule has 0 spiro atoms. The molecule has 0 bridgehead atoms. The van der Waals surface area contributed by atoms with Crippen LogP contribution in [0.5, 0.6) is 5.75 Å². The molecule has 4 rings (SSSR count). The first-order valence-corrected chi connectivity index (χ1v) is 12.9. The van der Waals surface area contributed by atoms with Gasteiger partial charge in [-0.15, -0.1) is 0 Å². The van der Waals surface area contributed by atoms with Gasteiger partial charge in [-0.2, -0.15) is 5.10 Å². The highest BCUT2D eigenvalue weighted by Gasteiger charge is 2.26. The third kappa shape index (κ3) is 6.07. The predicted octanol–water partition coefficient (Wildman–Crippen LogP) is 4.65. The number of aliphatic hydroxyl groups is 1. The number of nitrogens with one attached hydrogen (secondary N) is 2. The molecule has 3 N–H and O–H groups in total. The number of rotatable bonds is 8. The van der Waals surface area contributed by atoms with Gasteiger partial charge in [-0.25, -0.2) is 36.2 Å². The summed E-state index contributed by atoms with van der Waals surface area (Å²) in [5.74, 6) is -0.199. The van der Waals surface area contributed by atoms with Crippen LogP contribution in [0, 0.1) is 0 Å². The molecule has 38 heavy (non-hydrogen) atoms. The van der Waals surface area contributed by atoms with E-state index in [4.69, 9.17) is 16.3 Å². The molecule has 0 saturated carbocycles. The molecule has 0 aliphatic carbocycles. The van der Waals surface area contributed by atoms with E-state index in [1.54, 1.807) is 24.3 Å². The molecule has 0 aliphatic rings. The third-order valence-electron chi connectivity index (χ3n) is 5.23. The van der Waals surface area contributed by atoms with Gasteiger partial charge in [-0.3, -0.25) is 5.32 Å². The van der Waals surface area contributed by atoms with Crippen LogP contribution in [-0.4, -0.2) is 46.4 Å². The summed E-state index contributed by atoms with van der Waals surface area (Å²) in [6.07, 6.45) is -2.86. The number of anilines is 1. The molecule has 0 unspecified atom stereocenters. The quantitative estimate of drug-likeness (QED) is 0.283. The van der Waals surface area contributed by atoms with Gasteiger partial charge in [0.05, 0.1) is 28.9 Å². The first-order valence-electron chi connectivity index (χ1n) is 11.0. The van der Waals surface area contributed by atoms with Gasteiger partial charge in [0.1, 0.15) is 5.69 Å². The summed E-state index contributed by atoms with van der Waals surface area (Å²) in [5.41, 5.74) is -0.933. The minimum Gasteiger partial charge on any atom is -0.404 e. The zero-order valence-corrected chi connectivity index (χ0v) is 21.6. The summed E-state index contributed by atoms with van der Waals surface area (Å²) in [6.45, 7) is 2.58. The molecule has 14 heteroatoms. The second-order valence-corrected chi connectivity index (χ2v) is 10.9. The van der Waals surface area contributed by atoms with Crippen molar-refractivity contribution in [2.75, 3.05) is 11.9 Å². The maximum Gasteiger partial charge on any atom is 0.417 e. The Morgan fingerprint density at radius 2 is 1.89 bits per heavy atom. The molecule has 0 aliphatic heterocycles. The fourth-order valence-electron chi connectivity index (χ4n) is 3.40. The Labute approximate surface area is 221 Å². The predicted molar refractivity (Wildman–Crippen MR) is 136 cm³/mol. The van der Waals surface area contributed by atoms with Crippen LogP contribution in [0.4, 0.5) is 19.3 Å².